The molecule has 0 amide bonds. The summed E-state index contributed by atoms with van der Waals surface area (Å²) in [5, 5.41) is 9.25. The highest BCUT2D eigenvalue weighted by Gasteiger charge is 2.33. The van der Waals surface area contributed by atoms with E-state index >= 15 is 0 Å². The maximum absolute atomic E-state index is 8.60. The first kappa shape index (κ1) is 29.1. The predicted octanol–water partition coefficient (Wildman–Crippen LogP) is 8.33. The summed E-state index contributed by atoms with van der Waals surface area (Å²) in [5.74, 6) is 0. The van der Waals surface area contributed by atoms with Crippen LogP contribution >= 0.6 is 23.2 Å². The maximum Gasteiger partial charge on any atom is 0.107 e. The number of nitrogens with two attached hydrogens (primary N) is 1. The highest BCUT2D eigenvalue weighted by Crippen LogP contribution is 2.30. The van der Waals surface area contributed by atoms with Gasteiger partial charge in [-0.1, -0.05) is 67.2 Å². The minimum Gasteiger partial charge on any atom is -0.362 e. The van der Waals surface area contributed by atoms with E-state index < -0.39 is 8.07 Å². The first-order chi connectivity index (χ1) is 17.7. The number of benzene rings is 2. The summed E-state index contributed by atoms with van der Waals surface area (Å²) in [4.78, 5) is 9.80. The van der Waals surface area contributed by atoms with Crippen LogP contribution in [0, 0.1) is 13.8 Å². The zero-order valence-electron chi connectivity index (χ0n) is 22.5. The molecule has 0 unspecified atom stereocenters. The zero-order valence-corrected chi connectivity index (χ0v) is 25.0. The van der Waals surface area contributed by atoms with Crippen LogP contribution in [0.1, 0.15) is 43.0 Å². The zero-order chi connectivity index (χ0) is 27.2. The van der Waals surface area contributed by atoms with Crippen molar-refractivity contribution < 1.29 is 0 Å². The van der Waals surface area contributed by atoms with Gasteiger partial charge < -0.3 is 15.7 Å². The van der Waals surface area contributed by atoms with Gasteiger partial charge in [-0.25, -0.2) is 0 Å². The van der Waals surface area contributed by atoms with E-state index in [-0.39, 0.29) is 0 Å². The van der Waals surface area contributed by atoms with Gasteiger partial charge in [-0.2, -0.15) is 0 Å². The second-order valence-electron chi connectivity index (χ2n) is 9.67. The SMILES string of the molecule is CC[Si](CC)(CC)c1[nH]c2cc(Cl)c(C)cc2c1CCN=[N+]=[N-].Cc1cc2c(CCN)c[nH]c2cc1Cl. The minimum atomic E-state index is -1.55. The van der Waals surface area contributed by atoms with Crippen LogP contribution in [0.3, 0.4) is 0 Å². The third kappa shape index (κ3) is 6.19. The molecule has 0 atom stereocenters. The minimum absolute atomic E-state index is 0.500. The van der Waals surface area contributed by atoms with Crippen molar-refractivity contribution in [3.05, 3.63) is 73.2 Å². The van der Waals surface area contributed by atoms with Crippen LogP contribution < -0.4 is 11.1 Å². The normalized spacial score (nSPS) is 11.5. The molecule has 0 fully saturated rings. The molecule has 4 rings (SSSR count). The lowest BCUT2D eigenvalue weighted by atomic mass is 10.1. The van der Waals surface area contributed by atoms with Crippen molar-refractivity contribution in [2.45, 2.75) is 65.6 Å². The second-order valence-corrected chi connectivity index (χ2v) is 15.7. The van der Waals surface area contributed by atoms with Gasteiger partial charge in [0.25, 0.3) is 0 Å². The molecule has 0 radical (unpaired) electrons. The van der Waals surface area contributed by atoms with Gasteiger partial charge in [-0.05, 0) is 85.3 Å². The second kappa shape index (κ2) is 12.9. The summed E-state index contributed by atoms with van der Waals surface area (Å²) in [5.41, 5.74) is 21.1. The molecular weight excluding hydrogens is 519 g/mol. The third-order valence-electron chi connectivity index (χ3n) is 7.73. The molecule has 0 aliphatic rings. The first-order valence-electron chi connectivity index (χ1n) is 13.0. The third-order valence-corrected chi connectivity index (χ3v) is 14.1. The number of halogens is 2. The first-order valence-corrected chi connectivity index (χ1v) is 16.4. The maximum atomic E-state index is 8.60. The van der Waals surface area contributed by atoms with Crippen LogP contribution in [0.2, 0.25) is 28.2 Å². The van der Waals surface area contributed by atoms with Gasteiger partial charge in [0.2, 0.25) is 0 Å². The van der Waals surface area contributed by atoms with Crippen LogP contribution in [0.25, 0.3) is 32.2 Å². The van der Waals surface area contributed by atoms with E-state index in [0.29, 0.717) is 13.1 Å². The van der Waals surface area contributed by atoms with Gasteiger partial charge in [-0.3, -0.25) is 0 Å². The number of azide groups is 1. The quantitative estimate of drug-likeness (QED) is 0.0818. The molecule has 4 aromatic rings. The molecule has 6 nitrogen and oxygen atoms in total. The lowest BCUT2D eigenvalue weighted by Gasteiger charge is -2.28. The largest absolute Gasteiger partial charge is 0.362 e. The Morgan fingerprint density at radius 3 is 2.08 bits per heavy atom. The summed E-state index contributed by atoms with van der Waals surface area (Å²) < 4.78 is 0. The number of hydrogen-bond acceptors (Lipinski definition) is 2. The number of nitrogens with one attached hydrogen (secondary N) is 2. The monoisotopic (exact) mass is 556 g/mol. The topological polar surface area (TPSA) is 106 Å². The summed E-state index contributed by atoms with van der Waals surface area (Å²) >= 11 is 12.3. The molecule has 0 aliphatic heterocycles. The lowest BCUT2D eigenvalue weighted by molar-refractivity contribution is 0.966. The summed E-state index contributed by atoms with van der Waals surface area (Å²) in [6.07, 6.45) is 3.70. The number of aromatic nitrogens is 2. The molecule has 37 heavy (non-hydrogen) atoms. The Morgan fingerprint density at radius 1 is 0.919 bits per heavy atom. The van der Waals surface area contributed by atoms with Crippen molar-refractivity contribution in [1.29, 1.82) is 0 Å². The standard InChI is InChI=1S/C17H25ClN4Si.C11H13ClN2/c1-5-23(6-2,7-3)17-13(8-9-20-22-19)14-10-12(4)15(18)11-16(14)21-17;1-7-4-9-8(2-3-13)6-14-11(9)5-10(7)12/h10-11,21H,5-9H2,1-4H3;4-6,14H,2-3,13H2,1H3. The van der Waals surface area contributed by atoms with Crippen molar-refractivity contribution in [1.82, 2.24) is 9.97 Å². The van der Waals surface area contributed by atoms with Crippen molar-refractivity contribution in [2.75, 3.05) is 13.1 Å². The Morgan fingerprint density at radius 2 is 1.51 bits per heavy atom. The molecule has 2 heterocycles. The predicted molar refractivity (Wildman–Crippen MR) is 163 cm³/mol. The van der Waals surface area contributed by atoms with Gasteiger partial charge in [0, 0.05) is 54.8 Å². The number of fused-ring (bicyclic) bond motifs is 2. The van der Waals surface area contributed by atoms with E-state index in [1.807, 2.05) is 32.2 Å². The van der Waals surface area contributed by atoms with Crippen LogP contribution in [0.5, 0.6) is 0 Å². The fraction of sp³-hybridized carbons (Fsp3) is 0.429. The number of rotatable bonds is 9. The van der Waals surface area contributed by atoms with Gasteiger partial charge in [0.1, 0.15) is 8.07 Å². The van der Waals surface area contributed by atoms with Crippen molar-refractivity contribution in [3.63, 3.8) is 0 Å². The molecule has 4 N–H and O–H groups in total. The van der Waals surface area contributed by atoms with Crippen molar-refractivity contribution in [3.8, 4) is 0 Å². The number of nitrogens with zero attached hydrogens (tertiary/aromatic N) is 3. The van der Waals surface area contributed by atoms with Gasteiger partial charge >= 0.3 is 0 Å². The fourth-order valence-corrected chi connectivity index (χ4v) is 9.44. The van der Waals surface area contributed by atoms with Crippen LogP contribution in [-0.2, 0) is 12.8 Å². The summed E-state index contributed by atoms with van der Waals surface area (Å²) in [6.45, 7) is 12.1. The van der Waals surface area contributed by atoms with Crippen LogP contribution in [-0.4, -0.2) is 31.1 Å². The van der Waals surface area contributed by atoms with E-state index in [2.05, 4.69) is 52.9 Å². The van der Waals surface area contributed by atoms with E-state index in [1.165, 1.54) is 45.3 Å². The Bertz CT molecular complexity index is 1410. The number of hydrogen-bond donors (Lipinski definition) is 3. The highest BCUT2D eigenvalue weighted by atomic mass is 35.5. The summed E-state index contributed by atoms with van der Waals surface area (Å²) in [7, 11) is -1.55. The molecule has 2 aromatic carbocycles. The fourth-order valence-electron chi connectivity index (χ4n) is 5.25. The molecule has 9 heteroatoms. The van der Waals surface area contributed by atoms with Gasteiger partial charge in [-0.15, -0.1) is 0 Å². The molecule has 0 saturated carbocycles. The lowest BCUT2D eigenvalue weighted by Crippen LogP contribution is -2.48. The van der Waals surface area contributed by atoms with E-state index in [0.717, 1.165) is 45.0 Å². The molecule has 198 valence electrons. The van der Waals surface area contributed by atoms with Crippen molar-refractivity contribution >= 4 is 58.4 Å². The molecular formula is C28H38Cl2N6Si. The smallest absolute Gasteiger partial charge is 0.107 e. The summed E-state index contributed by atoms with van der Waals surface area (Å²) in [6, 6.07) is 11.9. The molecule has 0 spiro atoms. The molecule has 0 bridgehead atoms. The van der Waals surface area contributed by atoms with E-state index in [9.17, 15) is 0 Å². The number of aryl methyl sites for hydroxylation is 2. The molecule has 0 saturated heterocycles. The van der Waals surface area contributed by atoms with Gasteiger partial charge in [0.05, 0.1) is 0 Å². The Labute approximate surface area is 230 Å². The van der Waals surface area contributed by atoms with E-state index in [4.69, 9.17) is 34.5 Å². The van der Waals surface area contributed by atoms with Gasteiger partial charge in [0.15, 0.2) is 0 Å². The highest BCUT2D eigenvalue weighted by molar-refractivity contribution is 6.91. The Balaban J connectivity index is 0.000000231. The average molecular weight is 558 g/mol. The molecule has 0 aliphatic carbocycles. The number of H-pyrrole nitrogens is 2. The Hall–Kier alpha value is -2.41. The van der Waals surface area contributed by atoms with Crippen LogP contribution in [0.4, 0.5) is 0 Å². The van der Waals surface area contributed by atoms with Crippen molar-refractivity contribution in [2.24, 2.45) is 10.8 Å². The Kier molecular flexibility index (Phi) is 10.2. The molecule has 2 aromatic heterocycles. The van der Waals surface area contributed by atoms with Crippen LogP contribution in [0.15, 0.2) is 35.6 Å². The number of aromatic amines is 2. The average Bonchev–Trinajstić information content (AvgIpc) is 3.43. The van der Waals surface area contributed by atoms with E-state index in [1.54, 1.807) is 0 Å².